The zero-order chi connectivity index (χ0) is 18.9. The number of imide groups is 1. The number of benzene rings is 1. The Bertz CT molecular complexity index is 750. The molecule has 26 heavy (non-hydrogen) atoms. The summed E-state index contributed by atoms with van der Waals surface area (Å²) in [4.78, 5) is 40.1. The van der Waals surface area contributed by atoms with Crippen LogP contribution in [-0.4, -0.2) is 52.3 Å². The van der Waals surface area contributed by atoms with Crippen LogP contribution in [0.4, 0.5) is 4.79 Å². The molecule has 1 aromatic carbocycles. The van der Waals surface area contributed by atoms with Crippen molar-refractivity contribution in [3.63, 3.8) is 0 Å². The standard InChI is InChI=1S/C19H22ClN3O3/c1-13(2)23-17(25)19(21-18(23)26)9-11-22(12-10-19)16(24)8-5-14-3-6-15(20)7-4-14/h3-8,13H,9-12H2,1-2H3,(H,21,26)/b8-5+. The molecule has 2 aliphatic rings. The molecule has 7 heteroatoms. The fourth-order valence-electron chi connectivity index (χ4n) is 3.40. The van der Waals surface area contributed by atoms with Crippen LogP contribution in [0.3, 0.4) is 0 Å². The smallest absolute Gasteiger partial charge is 0.325 e. The fourth-order valence-corrected chi connectivity index (χ4v) is 3.53. The van der Waals surface area contributed by atoms with Crippen molar-refractivity contribution in [1.29, 1.82) is 0 Å². The Kier molecular flexibility index (Phi) is 5.05. The number of rotatable bonds is 3. The van der Waals surface area contributed by atoms with Gasteiger partial charge in [0, 0.05) is 30.2 Å². The van der Waals surface area contributed by atoms with Gasteiger partial charge in [-0.05, 0) is 50.5 Å². The summed E-state index contributed by atoms with van der Waals surface area (Å²) >= 11 is 5.85. The van der Waals surface area contributed by atoms with Crippen LogP contribution in [0.2, 0.25) is 5.02 Å². The van der Waals surface area contributed by atoms with Crippen molar-refractivity contribution in [2.24, 2.45) is 0 Å². The van der Waals surface area contributed by atoms with Crippen LogP contribution in [0.1, 0.15) is 32.3 Å². The van der Waals surface area contributed by atoms with Crippen molar-refractivity contribution in [3.8, 4) is 0 Å². The molecule has 3 rings (SSSR count). The van der Waals surface area contributed by atoms with Gasteiger partial charge in [-0.25, -0.2) is 4.79 Å². The molecule has 0 aliphatic carbocycles. The van der Waals surface area contributed by atoms with Gasteiger partial charge in [0.1, 0.15) is 5.54 Å². The van der Waals surface area contributed by atoms with Gasteiger partial charge < -0.3 is 10.2 Å². The molecule has 6 nitrogen and oxygen atoms in total. The molecule has 0 aromatic heterocycles. The molecule has 1 aromatic rings. The summed E-state index contributed by atoms with van der Waals surface area (Å²) in [6.07, 6.45) is 4.13. The lowest BCUT2D eigenvalue weighted by Gasteiger charge is -2.37. The summed E-state index contributed by atoms with van der Waals surface area (Å²) in [5.74, 6) is -0.284. The summed E-state index contributed by atoms with van der Waals surface area (Å²) in [5.41, 5.74) is 0.0277. The Balaban J connectivity index is 1.61. The first-order valence-electron chi connectivity index (χ1n) is 8.71. The van der Waals surface area contributed by atoms with E-state index in [1.54, 1.807) is 23.1 Å². The highest BCUT2D eigenvalue weighted by Crippen LogP contribution is 2.30. The van der Waals surface area contributed by atoms with E-state index >= 15 is 0 Å². The Labute approximate surface area is 157 Å². The average Bonchev–Trinajstić information content (AvgIpc) is 2.84. The molecular weight excluding hydrogens is 354 g/mol. The zero-order valence-corrected chi connectivity index (χ0v) is 15.6. The topological polar surface area (TPSA) is 69.7 Å². The first kappa shape index (κ1) is 18.5. The van der Waals surface area contributed by atoms with Gasteiger partial charge in [0.25, 0.3) is 5.91 Å². The second kappa shape index (κ2) is 7.11. The first-order valence-corrected chi connectivity index (χ1v) is 9.08. The number of amides is 4. The zero-order valence-electron chi connectivity index (χ0n) is 14.9. The highest BCUT2D eigenvalue weighted by Gasteiger charge is 2.53. The number of carbonyl (C=O) groups excluding carboxylic acids is 3. The SMILES string of the molecule is CC(C)N1C(=O)NC2(CCN(C(=O)/C=C/c3ccc(Cl)cc3)CC2)C1=O. The second-order valence-corrected chi connectivity index (χ2v) is 7.43. The minimum absolute atomic E-state index is 0.104. The predicted molar refractivity (Wildman–Crippen MR) is 99.5 cm³/mol. The maximum Gasteiger partial charge on any atom is 0.325 e. The summed E-state index contributed by atoms with van der Waals surface area (Å²) in [6, 6.07) is 6.70. The molecule has 2 saturated heterocycles. The van der Waals surface area contributed by atoms with Crippen LogP contribution in [0.15, 0.2) is 30.3 Å². The molecule has 1 N–H and O–H groups in total. The molecule has 138 valence electrons. The fraction of sp³-hybridized carbons (Fsp3) is 0.421. The second-order valence-electron chi connectivity index (χ2n) is 6.99. The van der Waals surface area contributed by atoms with Crippen molar-refractivity contribution in [3.05, 3.63) is 40.9 Å². The molecule has 0 atom stereocenters. The van der Waals surface area contributed by atoms with E-state index in [0.29, 0.717) is 31.0 Å². The van der Waals surface area contributed by atoms with Crippen LogP contribution >= 0.6 is 11.6 Å². The molecule has 4 amide bonds. The third-order valence-corrected chi connectivity index (χ3v) is 5.18. The number of nitrogens with one attached hydrogen (secondary N) is 1. The van der Waals surface area contributed by atoms with Crippen LogP contribution in [0.5, 0.6) is 0 Å². The van der Waals surface area contributed by atoms with Gasteiger partial charge in [-0.15, -0.1) is 0 Å². The highest BCUT2D eigenvalue weighted by molar-refractivity contribution is 6.30. The molecule has 0 saturated carbocycles. The van der Waals surface area contributed by atoms with E-state index in [1.807, 2.05) is 26.0 Å². The minimum Gasteiger partial charge on any atom is -0.339 e. The Hall–Kier alpha value is -2.34. The number of hydrogen-bond acceptors (Lipinski definition) is 3. The highest BCUT2D eigenvalue weighted by atomic mass is 35.5. The Morgan fingerprint density at radius 1 is 1.19 bits per heavy atom. The van der Waals surface area contributed by atoms with Crippen molar-refractivity contribution >= 4 is 35.5 Å². The van der Waals surface area contributed by atoms with E-state index in [1.165, 1.54) is 11.0 Å². The Morgan fingerprint density at radius 2 is 1.81 bits per heavy atom. The number of halogens is 1. The van der Waals surface area contributed by atoms with Crippen molar-refractivity contribution in [2.45, 2.75) is 38.3 Å². The number of carbonyl (C=O) groups is 3. The van der Waals surface area contributed by atoms with Gasteiger partial charge in [-0.3, -0.25) is 14.5 Å². The average molecular weight is 376 g/mol. The van der Waals surface area contributed by atoms with E-state index in [-0.39, 0.29) is 23.9 Å². The maximum atomic E-state index is 12.7. The maximum absolute atomic E-state index is 12.7. The third-order valence-electron chi connectivity index (χ3n) is 4.93. The summed E-state index contributed by atoms with van der Waals surface area (Å²) in [7, 11) is 0. The number of likely N-dealkylation sites (tertiary alicyclic amines) is 1. The molecule has 0 bridgehead atoms. The monoisotopic (exact) mass is 375 g/mol. The number of hydrogen-bond donors (Lipinski definition) is 1. The van der Waals surface area contributed by atoms with E-state index in [9.17, 15) is 14.4 Å². The predicted octanol–water partition coefficient (Wildman–Crippen LogP) is 2.67. The van der Waals surface area contributed by atoms with Gasteiger partial charge in [0.15, 0.2) is 0 Å². The van der Waals surface area contributed by atoms with Crippen LogP contribution in [-0.2, 0) is 9.59 Å². The molecule has 2 heterocycles. The van der Waals surface area contributed by atoms with Gasteiger partial charge in [-0.1, -0.05) is 23.7 Å². The summed E-state index contributed by atoms with van der Waals surface area (Å²) in [5, 5.41) is 3.49. The van der Waals surface area contributed by atoms with Gasteiger partial charge in [-0.2, -0.15) is 0 Å². The van der Waals surface area contributed by atoms with Crippen molar-refractivity contribution in [2.75, 3.05) is 13.1 Å². The normalized spacial score (nSPS) is 19.7. The lowest BCUT2D eigenvalue weighted by atomic mass is 9.87. The third kappa shape index (κ3) is 3.46. The van der Waals surface area contributed by atoms with Gasteiger partial charge >= 0.3 is 6.03 Å². The molecule has 0 radical (unpaired) electrons. The molecule has 1 spiro atoms. The van der Waals surface area contributed by atoms with E-state index < -0.39 is 5.54 Å². The van der Waals surface area contributed by atoms with Crippen LogP contribution < -0.4 is 5.32 Å². The first-order chi connectivity index (χ1) is 12.3. The summed E-state index contributed by atoms with van der Waals surface area (Å²) in [6.45, 7) is 4.50. The number of nitrogens with zero attached hydrogens (tertiary/aromatic N) is 2. The van der Waals surface area contributed by atoms with Crippen LogP contribution in [0.25, 0.3) is 6.08 Å². The van der Waals surface area contributed by atoms with E-state index in [4.69, 9.17) is 11.6 Å². The summed E-state index contributed by atoms with van der Waals surface area (Å²) < 4.78 is 0. The van der Waals surface area contributed by atoms with E-state index in [0.717, 1.165) is 5.56 Å². The van der Waals surface area contributed by atoms with Crippen molar-refractivity contribution < 1.29 is 14.4 Å². The molecule has 2 aliphatic heterocycles. The quantitative estimate of drug-likeness (QED) is 0.652. The molecule has 0 unspecified atom stereocenters. The van der Waals surface area contributed by atoms with Gasteiger partial charge in [0.05, 0.1) is 0 Å². The van der Waals surface area contributed by atoms with Crippen LogP contribution in [0, 0.1) is 0 Å². The largest absolute Gasteiger partial charge is 0.339 e. The molecule has 2 fully saturated rings. The van der Waals surface area contributed by atoms with Crippen molar-refractivity contribution in [1.82, 2.24) is 15.1 Å². The molecular formula is C19H22ClN3O3. The van der Waals surface area contributed by atoms with E-state index in [2.05, 4.69) is 5.32 Å². The lowest BCUT2D eigenvalue weighted by molar-refractivity contribution is -0.137. The minimum atomic E-state index is -0.863. The number of piperidine rings is 1. The number of urea groups is 1. The lowest BCUT2D eigenvalue weighted by Crippen LogP contribution is -2.55. The Morgan fingerprint density at radius 3 is 2.35 bits per heavy atom. The van der Waals surface area contributed by atoms with Gasteiger partial charge in [0.2, 0.25) is 5.91 Å².